The predicted octanol–water partition coefficient (Wildman–Crippen LogP) is 3.60. The molecule has 0 spiro atoms. The molecule has 4 rings (SSSR count). The molecule has 7 heteroatoms. The number of piperidine rings is 1. The van der Waals surface area contributed by atoms with Gasteiger partial charge in [0.15, 0.2) is 0 Å². The van der Waals surface area contributed by atoms with Crippen molar-refractivity contribution in [1.29, 1.82) is 0 Å². The van der Waals surface area contributed by atoms with Crippen molar-refractivity contribution in [2.24, 2.45) is 5.92 Å². The number of pyridine rings is 1. The molecule has 0 aromatic carbocycles. The molecule has 0 atom stereocenters. The summed E-state index contributed by atoms with van der Waals surface area (Å²) in [5.41, 5.74) is 2.95. The second-order valence-corrected chi connectivity index (χ2v) is 8.71. The molecule has 1 saturated heterocycles. The standard InChI is InChI=1S/C21H25N5OS/c1-14-4-6-19(22-12-14)25-10-8-17(9-11-25)13-26-20(27)7-5-18(24-26)21-15(2)23-16(3)28-21/h4-7,12,17H,8-11,13H2,1-3H3. The van der Waals surface area contributed by atoms with Gasteiger partial charge in [-0.05, 0) is 57.2 Å². The van der Waals surface area contributed by atoms with Gasteiger partial charge >= 0.3 is 0 Å². The lowest BCUT2D eigenvalue weighted by atomic mass is 9.97. The number of aromatic nitrogens is 4. The highest BCUT2D eigenvalue weighted by molar-refractivity contribution is 7.15. The lowest BCUT2D eigenvalue weighted by Crippen LogP contribution is -2.37. The minimum Gasteiger partial charge on any atom is -0.357 e. The molecule has 3 aromatic heterocycles. The average molecular weight is 396 g/mol. The van der Waals surface area contributed by atoms with Crippen LogP contribution in [-0.2, 0) is 6.54 Å². The van der Waals surface area contributed by atoms with Gasteiger partial charge in [0, 0.05) is 31.9 Å². The summed E-state index contributed by atoms with van der Waals surface area (Å²) in [6.07, 6.45) is 3.98. The molecule has 0 saturated carbocycles. The Hall–Kier alpha value is -2.54. The Kier molecular flexibility index (Phi) is 5.26. The van der Waals surface area contributed by atoms with E-state index in [-0.39, 0.29) is 5.56 Å². The predicted molar refractivity (Wildman–Crippen MR) is 113 cm³/mol. The molecule has 146 valence electrons. The normalized spacial score (nSPS) is 15.2. The Balaban J connectivity index is 1.45. The summed E-state index contributed by atoms with van der Waals surface area (Å²) >= 11 is 1.62. The molecule has 3 aromatic rings. The second kappa shape index (κ2) is 7.83. The van der Waals surface area contributed by atoms with Crippen LogP contribution in [0, 0.1) is 26.7 Å². The van der Waals surface area contributed by atoms with E-state index in [1.54, 1.807) is 22.1 Å². The fourth-order valence-electron chi connectivity index (χ4n) is 3.71. The van der Waals surface area contributed by atoms with Crippen LogP contribution >= 0.6 is 11.3 Å². The molecule has 1 aliphatic rings. The Morgan fingerprint density at radius 2 is 1.89 bits per heavy atom. The monoisotopic (exact) mass is 395 g/mol. The molecule has 28 heavy (non-hydrogen) atoms. The van der Waals surface area contributed by atoms with Gasteiger partial charge in [-0.15, -0.1) is 11.3 Å². The third-order valence-corrected chi connectivity index (χ3v) is 6.36. The van der Waals surface area contributed by atoms with Crippen LogP contribution in [0.4, 0.5) is 5.82 Å². The Morgan fingerprint density at radius 3 is 2.54 bits per heavy atom. The number of thiazole rings is 1. The number of anilines is 1. The maximum atomic E-state index is 12.4. The first-order valence-electron chi connectivity index (χ1n) is 9.70. The summed E-state index contributed by atoms with van der Waals surface area (Å²) in [6, 6.07) is 7.63. The first-order chi connectivity index (χ1) is 13.5. The minimum atomic E-state index is -0.0368. The zero-order valence-electron chi connectivity index (χ0n) is 16.6. The van der Waals surface area contributed by atoms with E-state index in [4.69, 9.17) is 0 Å². The molecule has 0 unspecified atom stereocenters. The van der Waals surface area contributed by atoms with E-state index in [0.717, 1.165) is 53.0 Å². The van der Waals surface area contributed by atoms with Gasteiger partial charge in [-0.2, -0.15) is 5.10 Å². The number of rotatable bonds is 4. The van der Waals surface area contributed by atoms with Crippen molar-refractivity contribution in [2.75, 3.05) is 18.0 Å². The van der Waals surface area contributed by atoms with E-state index in [9.17, 15) is 4.79 Å². The van der Waals surface area contributed by atoms with Crippen molar-refractivity contribution in [3.63, 3.8) is 0 Å². The van der Waals surface area contributed by atoms with Gasteiger partial charge < -0.3 is 4.90 Å². The van der Waals surface area contributed by atoms with Crippen LogP contribution in [0.5, 0.6) is 0 Å². The van der Waals surface area contributed by atoms with Gasteiger partial charge in [-0.25, -0.2) is 14.6 Å². The zero-order chi connectivity index (χ0) is 19.7. The Morgan fingerprint density at radius 1 is 1.11 bits per heavy atom. The van der Waals surface area contributed by atoms with Crippen LogP contribution in [0.3, 0.4) is 0 Å². The van der Waals surface area contributed by atoms with Crippen LogP contribution < -0.4 is 10.5 Å². The van der Waals surface area contributed by atoms with E-state index in [1.165, 1.54) is 5.56 Å². The summed E-state index contributed by atoms with van der Waals surface area (Å²) in [5.74, 6) is 1.49. The lowest BCUT2D eigenvalue weighted by molar-refractivity contribution is 0.335. The molecule has 1 fully saturated rings. The van der Waals surface area contributed by atoms with Crippen LogP contribution in [0.15, 0.2) is 35.3 Å². The maximum absolute atomic E-state index is 12.4. The van der Waals surface area contributed by atoms with E-state index in [0.29, 0.717) is 12.5 Å². The molecule has 0 amide bonds. The van der Waals surface area contributed by atoms with E-state index in [1.807, 2.05) is 26.1 Å². The quantitative estimate of drug-likeness (QED) is 0.675. The fourth-order valence-corrected chi connectivity index (χ4v) is 4.59. The number of aryl methyl sites for hydroxylation is 3. The summed E-state index contributed by atoms with van der Waals surface area (Å²) in [6.45, 7) is 8.62. The van der Waals surface area contributed by atoms with E-state index in [2.05, 4.69) is 39.0 Å². The summed E-state index contributed by atoms with van der Waals surface area (Å²) in [4.78, 5) is 24.7. The Labute approximate surface area is 168 Å². The first kappa shape index (κ1) is 18.8. The fraction of sp³-hybridized carbons (Fsp3) is 0.429. The van der Waals surface area contributed by atoms with Crippen LogP contribution in [-0.4, -0.2) is 32.8 Å². The minimum absolute atomic E-state index is 0.0368. The molecule has 0 aliphatic carbocycles. The van der Waals surface area contributed by atoms with Gasteiger partial charge in [-0.3, -0.25) is 4.79 Å². The third kappa shape index (κ3) is 3.99. The number of hydrogen-bond donors (Lipinski definition) is 0. The second-order valence-electron chi connectivity index (χ2n) is 7.51. The number of hydrogen-bond acceptors (Lipinski definition) is 6. The van der Waals surface area contributed by atoms with Gasteiger partial charge in [-0.1, -0.05) is 6.07 Å². The van der Waals surface area contributed by atoms with Crippen molar-refractivity contribution in [2.45, 2.75) is 40.2 Å². The SMILES string of the molecule is Cc1ccc(N2CCC(Cn3nc(-c4sc(C)nc4C)ccc3=O)CC2)nc1. The molecule has 4 heterocycles. The molecule has 1 aliphatic heterocycles. The maximum Gasteiger partial charge on any atom is 0.266 e. The van der Waals surface area contributed by atoms with Crippen molar-refractivity contribution in [1.82, 2.24) is 19.7 Å². The van der Waals surface area contributed by atoms with Crippen LogP contribution in [0.25, 0.3) is 10.6 Å². The Bertz CT molecular complexity index is 1020. The topological polar surface area (TPSA) is 63.9 Å². The highest BCUT2D eigenvalue weighted by Gasteiger charge is 2.21. The van der Waals surface area contributed by atoms with Crippen molar-refractivity contribution < 1.29 is 0 Å². The van der Waals surface area contributed by atoms with Crippen LogP contribution in [0.2, 0.25) is 0 Å². The lowest BCUT2D eigenvalue weighted by Gasteiger charge is -2.32. The third-order valence-electron chi connectivity index (χ3n) is 5.27. The van der Waals surface area contributed by atoms with Gasteiger partial charge in [0.1, 0.15) is 11.5 Å². The summed E-state index contributed by atoms with van der Waals surface area (Å²) in [7, 11) is 0. The van der Waals surface area contributed by atoms with Gasteiger partial charge in [0.25, 0.3) is 5.56 Å². The summed E-state index contributed by atoms with van der Waals surface area (Å²) in [5, 5.41) is 5.66. The molecule has 6 nitrogen and oxygen atoms in total. The van der Waals surface area contributed by atoms with Gasteiger partial charge in [0.2, 0.25) is 0 Å². The zero-order valence-corrected chi connectivity index (χ0v) is 17.4. The van der Waals surface area contributed by atoms with Crippen molar-refractivity contribution >= 4 is 17.2 Å². The molecule has 0 N–H and O–H groups in total. The smallest absolute Gasteiger partial charge is 0.266 e. The van der Waals surface area contributed by atoms with E-state index >= 15 is 0 Å². The highest BCUT2D eigenvalue weighted by atomic mass is 32.1. The van der Waals surface area contributed by atoms with E-state index < -0.39 is 0 Å². The van der Waals surface area contributed by atoms with Gasteiger partial charge in [0.05, 0.1) is 15.6 Å². The largest absolute Gasteiger partial charge is 0.357 e. The molecular formula is C21H25N5OS. The average Bonchev–Trinajstić information content (AvgIpc) is 3.03. The first-order valence-corrected chi connectivity index (χ1v) is 10.5. The molecular weight excluding hydrogens is 370 g/mol. The van der Waals surface area contributed by atoms with Crippen molar-refractivity contribution in [3.8, 4) is 10.6 Å². The highest BCUT2D eigenvalue weighted by Crippen LogP contribution is 2.28. The van der Waals surface area contributed by atoms with Crippen molar-refractivity contribution in [3.05, 3.63) is 57.1 Å². The molecule has 0 bridgehead atoms. The molecule has 0 radical (unpaired) electrons. The van der Waals surface area contributed by atoms with Crippen LogP contribution in [0.1, 0.15) is 29.1 Å². The number of nitrogens with zero attached hydrogens (tertiary/aromatic N) is 5. The summed E-state index contributed by atoms with van der Waals surface area (Å²) < 4.78 is 1.63.